The van der Waals surface area contributed by atoms with Crippen LogP contribution in [0.15, 0.2) is 28.8 Å². The zero-order valence-corrected chi connectivity index (χ0v) is 11.7. The molecule has 1 aliphatic rings. The van der Waals surface area contributed by atoms with Crippen molar-refractivity contribution in [2.75, 3.05) is 5.73 Å². The van der Waals surface area contributed by atoms with Gasteiger partial charge in [-0.05, 0) is 37.0 Å². The Kier molecular flexibility index (Phi) is 3.24. The van der Waals surface area contributed by atoms with Crippen LogP contribution in [0.2, 0.25) is 0 Å². The van der Waals surface area contributed by atoms with Gasteiger partial charge in [0.05, 0.1) is 11.3 Å². The highest BCUT2D eigenvalue weighted by Crippen LogP contribution is 2.47. The molecule has 3 rings (SSSR count). The molecule has 1 heterocycles. The number of halogens is 1. The third-order valence-corrected chi connectivity index (χ3v) is 4.59. The molecular formula is C16H19FN2O. The molecule has 1 aromatic heterocycles. The van der Waals surface area contributed by atoms with Crippen molar-refractivity contribution in [3.05, 3.63) is 35.8 Å². The van der Waals surface area contributed by atoms with Gasteiger partial charge in [0.25, 0.3) is 0 Å². The van der Waals surface area contributed by atoms with Gasteiger partial charge in [-0.2, -0.15) is 0 Å². The van der Waals surface area contributed by atoms with E-state index in [4.69, 9.17) is 10.3 Å². The molecule has 0 spiro atoms. The molecule has 3 nitrogen and oxygen atoms in total. The minimum absolute atomic E-state index is 0.0604. The Morgan fingerprint density at radius 2 is 1.90 bits per heavy atom. The normalized spacial score (nSPS) is 17.5. The highest BCUT2D eigenvalue weighted by molar-refractivity contribution is 5.76. The Hall–Kier alpha value is -1.84. The predicted molar refractivity (Wildman–Crippen MR) is 76.7 cm³/mol. The van der Waals surface area contributed by atoms with Crippen LogP contribution < -0.4 is 5.73 Å². The van der Waals surface area contributed by atoms with Crippen molar-refractivity contribution in [2.24, 2.45) is 0 Å². The Morgan fingerprint density at radius 1 is 1.25 bits per heavy atom. The van der Waals surface area contributed by atoms with E-state index in [0.717, 1.165) is 36.1 Å². The van der Waals surface area contributed by atoms with Gasteiger partial charge in [-0.1, -0.05) is 37.1 Å². The molecule has 0 radical (unpaired) electrons. The summed E-state index contributed by atoms with van der Waals surface area (Å²) in [6, 6.07) is 6.36. The molecule has 1 aliphatic carbocycles. The third-order valence-electron chi connectivity index (χ3n) is 4.59. The summed E-state index contributed by atoms with van der Waals surface area (Å²) in [5.74, 6) is 0.0720. The molecule has 4 heteroatoms. The Labute approximate surface area is 118 Å². The number of aromatic nitrogens is 1. The Morgan fingerprint density at radius 3 is 2.50 bits per heavy atom. The molecule has 0 bridgehead atoms. The summed E-state index contributed by atoms with van der Waals surface area (Å²) >= 11 is 0. The Balaban J connectivity index is 2.12. The van der Waals surface area contributed by atoms with Crippen molar-refractivity contribution < 1.29 is 8.91 Å². The van der Waals surface area contributed by atoms with Crippen molar-refractivity contribution in [1.82, 2.24) is 5.16 Å². The molecule has 0 saturated heterocycles. The molecule has 2 N–H and O–H groups in total. The quantitative estimate of drug-likeness (QED) is 0.908. The Bertz CT molecular complexity index is 597. The van der Waals surface area contributed by atoms with Crippen LogP contribution in [0.4, 0.5) is 10.3 Å². The monoisotopic (exact) mass is 274 g/mol. The molecule has 0 amide bonds. The second-order valence-electron chi connectivity index (χ2n) is 5.62. The first-order valence-electron chi connectivity index (χ1n) is 7.18. The van der Waals surface area contributed by atoms with E-state index in [-0.39, 0.29) is 11.2 Å². The summed E-state index contributed by atoms with van der Waals surface area (Å²) in [7, 11) is 0. The van der Waals surface area contributed by atoms with Gasteiger partial charge in [-0.3, -0.25) is 0 Å². The van der Waals surface area contributed by atoms with Crippen molar-refractivity contribution in [2.45, 2.75) is 44.4 Å². The van der Waals surface area contributed by atoms with Gasteiger partial charge in [0.2, 0.25) is 5.88 Å². The van der Waals surface area contributed by atoms with Crippen LogP contribution in [0.5, 0.6) is 0 Å². The van der Waals surface area contributed by atoms with Crippen LogP contribution >= 0.6 is 0 Å². The topological polar surface area (TPSA) is 52.0 Å². The maximum Gasteiger partial charge on any atom is 0.230 e. The SMILES string of the molecule is CCC1(c2noc(N)c2-c2ccc(F)cc2)CCCC1. The number of rotatable bonds is 3. The first-order valence-corrected chi connectivity index (χ1v) is 7.18. The average molecular weight is 274 g/mol. The fraction of sp³-hybridized carbons (Fsp3) is 0.438. The van der Waals surface area contributed by atoms with Crippen LogP contribution in [-0.4, -0.2) is 5.16 Å². The molecule has 1 fully saturated rings. The molecule has 0 atom stereocenters. The summed E-state index contributed by atoms with van der Waals surface area (Å²) < 4.78 is 18.4. The van der Waals surface area contributed by atoms with E-state index < -0.39 is 0 Å². The molecular weight excluding hydrogens is 255 g/mol. The van der Waals surface area contributed by atoms with Gasteiger partial charge < -0.3 is 10.3 Å². The van der Waals surface area contributed by atoms with Crippen molar-refractivity contribution in [3.8, 4) is 11.1 Å². The highest BCUT2D eigenvalue weighted by atomic mass is 19.1. The fourth-order valence-electron chi connectivity index (χ4n) is 3.37. The van der Waals surface area contributed by atoms with Gasteiger partial charge in [-0.25, -0.2) is 4.39 Å². The molecule has 20 heavy (non-hydrogen) atoms. The average Bonchev–Trinajstić information content (AvgIpc) is 3.07. The number of nitrogens with two attached hydrogens (primary N) is 1. The standard InChI is InChI=1S/C16H19FN2O/c1-2-16(9-3-4-10-16)14-13(15(18)20-19-14)11-5-7-12(17)8-6-11/h5-8H,2-4,9-10,18H2,1H3. The smallest absolute Gasteiger partial charge is 0.230 e. The van der Waals surface area contributed by atoms with Gasteiger partial charge >= 0.3 is 0 Å². The third kappa shape index (κ3) is 1.99. The first-order chi connectivity index (χ1) is 9.66. The number of hydrogen-bond donors (Lipinski definition) is 1. The first kappa shape index (κ1) is 13.2. The van der Waals surface area contributed by atoms with Crippen LogP contribution in [0.1, 0.15) is 44.7 Å². The van der Waals surface area contributed by atoms with Gasteiger partial charge in [0, 0.05) is 5.41 Å². The molecule has 2 aromatic rings. The number of nitrogen functional groups attached to an aromatic ring is 1. The van der Waals surface area contributed by atoms with Gasteiger partial charge in [0.15, 0.2) is 0 Å². The van der Waals surface area contributed by atoms with E-state index in [1.165, 1.54) is 25.0 Å². The maximum absolute atomic E-state index is 13.1. The molecule has 0 unspecified atom stereocenters. The second-order valence-corrected chi connectivity index (χ2v) is 5.62. The molecule has 0 aliphatic heterocycles. The number of benzene rings is 1. The van der Waals surface area contributed by atoms with Gasteiger partial charge in [-0.15, -0.1) is 0 Å². The molecule has 1 aromatic carbocycles. The van der Waals surface area contributed by atoms with Crippen molar-refractivity contribution in [1.29, 1.82) is 0 Å². The van der Waals surface area contributed by atoms with Gasteiger partial charge in [0.1, 0.15) is 5.82 Å². The van der Waals surface area contributed by atoms with Crippen LogP contribution in [0, 0.1) is 5.82 Å². The summed E-state index contributed by atoms with van der Waals surface area (Å²) in [5.41, 5.74) is 8.69. The maximum atomic E-state index is 13.1. The lowest BCUT2D eigenvalue weighted by Crippen LogP contribution is -2.22. The number of nitrogens with zero attached hydrogens (tertiary/aromatic N) is 1. The van der Waals surface area contributed by atoms with E-state index in [9.17, 15) is 4.39 Å². The lowest BCUT2D eigenvalue weighted by atomic mass is 9.77. The lowest BCUT2D eigenvalue weighted by Gasteiger charge is -2.25. The zero-order chi connectivity index (χ0) is 14.2. The van der Waals surface area contributed by atoms with Crippen molar-refractivity contribution >= 4 is 5.88 Å². The van der Waals surface area contributed by atoms with E-state index >= 15 is 0 Å². The van der Waals surface area contributed by atoms with E-state index in [1.54, 1.807) is 12.1 Å². The predicted octanol–water partition coefficient (Wildman–Crippen LogP) is 4.28. The zero-order valence-electron chi connectivity index (χ0n) is 11.7. The molecule has 106 valence electrons. The summed E-state index contributed by atoms with van der Waals surface area (Å²) in [6.07, 6.45) is 5.67. The molecule has 1 saturated carbocycles. The van der Waals surface area contributed by atoms with E-state index in [1.807, 2.05) is 0 Å². The fourth-order valence-corrected chi connectivity index (χ4v) is 3.37. The summed E-state index contributed by atoms with van der Waals surface area (Å²) in [6.45, 7) is 2.19. The van der Waals surface area contributed by atoms with Crippen molar-refractivity contribution in [3.63, 3.8) is 0 Å². The van der Waals surface area contributed by atoms with Crippen LogP contribution in [0.3, 0.4) is 0 Å². The van der Waals surface area contributed by atoms with E-state index in [0.29, 0.717) is 5.88 Å². The summed E-state index contributed by atoms with van der Waals surface area (Å²) in [5, 5.41) is 4.25. The largest absolute Gasteiger partial charge is 0.367 e. The van der Waals surface area contributed by atoms with Crippen LogP contribution in [-0.2, 0) is 5.41 Å². The van der Waals surface area contributed by atoms with E-state index in [2.05, 4.69) is 12.1 Å². The highest BCUT2D eigenvalue weighted by Gasteiger charge is 2.39. The number of hydrogen-bond acceptors (Lipinski definition) is 3. The minimum atomic E-state index is -0.253. The van der Waals surface area contributed by atoms with Crippen LogP contribution in [0.25, 0.3) is 11.1 Å². The number of anilines is 1. The minimum Gasteiger partial charge on any atom is -0.367 e. The second kappa shape index (κ2) is 4.93. The summed E-state index contributed by atoms with van der Waals surface area (Å²) in [4.78, 5) is 0. The lowest BCUT2D eigenvalue weighted by molar-refractivity contribution is 0.361.